The van der Waals surface area contributed by atoms with E-state index in [1.165, 1.54) is 16.7 Å². The first-order chi connectivity index (χ1) is 15.8. The summed E-state index contributed by atoms with van der Waals surface area (Å²) in [5.41, 5.74) is 0.706. The molecule has 5 nitrogen and oxygen atoms in total. The molecule has 0 spiro atoms. The average Bonchev–Trinajstić information content (AvgIpc) is 3.36. The van der Waals surface area contributed by atoms with Gasteiger partial charge in [0.25, 0.3) is 5.56 Å². The second-order valence-corrected chi connectivity index (χ2v) is 9.08. The smallest absolute Gasteiger partial charge is 0.302 e. The van der Waals surface area contributed by atoms with Crippen LogP contribution in [0.2, 0.25) is 0 Å². The van der Waals surface area contributed by atoms with E-state index in [1.54, 1.807) is 18.3 Å². The monoisotopic (exact) mass is 491 g/mol. The number of likely N-dealkylation sites (tertiary alicyclic amines) is 1. The number of piperidine rings is 1. The van der Waals surface area contributed by atoms with Crippen molar-refractivity contribution in [1.82, 2.24) is 14.5 Å². The SMILES string of the molecule is Cl.O=c1[nH]c(=O)n(CCCN2C[C@@H]3C[C@]3(c3ccc(C(F)(F)F)cc3)C2)cc1-c1ccccc1. The van der Waals surface area contributed by atoms with Crippen molar-refractivity contribution in [2.75, 3.05) is 19.6 Å². The zero-order chi connectivity index (χ0) is 23.2. The lowest BCUT2D eigenvalue weighted by molar-refractivity contribution is -0.137. The molecule has 1 aliphatic heterocycles. The highest BCUT2D eigenvalue weighted by atomic mass is 35.5. The third-order valence-electron chi connectivity index (χ3n) is 6.97. The fraction of sp³-hybridized carbons (Fsp3) is 0.360. The Morgan fingerprint density at radius 2 is 1.71 bits per heavy atom. The summed E-state index contributed by atoms with van der Waals surface area (Å²) in [6.45, 7) is 2.99. The molecule has 1 N–H and O–H groups in total. The molecule has 2 aromatic carbocycles. The van der Waals surface area contributed by atoms with Gasteiger partial charge in [0.1, 0.15) is 0 Å². The minimum absolute atomic E-state index is 0. The first kappa shape index (κ1) is 24.3. The molecule has 5 rings (SSSR count). The summed E-state index contributed by atoms with van der Waals surface area (Å²) in [5, 5.41) is 0. The summed E-state index contributed by atoms with van der Waals surface area (Å²) in [6.07, 6.45) is -0.965. The highest BCUT2D eigenvalue weighted by Crippen LogP contribution is 2.59. The second-order valence-electron chi connectivity index (χ2n) is 9.08. The van der Waals surface area contributed by atoms with Crippen LogP contribution in [0.3, 0.4) is 0 Å². The van der Waals surface area contributed by atoms with E-state index in [0.717, 1.165) is 43.6 Å². The second kappa shape index (κ2) is 9.07. The van der Waals surface area contributed by atoms with Crippen LogP contribution >= 0.6 is 12.4 Å². The van der Waals surface area contributed by atoms with Gasteiger partial charge >= 0.3 is 11.9 Å². The summed E-state index contributed by atoms with van der Waals surface area (Å²) < 4.78 is 40.1. The van der Waals surface area contributed by atoms with Crippen molar-refractivity contribution in [2.45, 2.75) is 31.0 Å². The number of nitrogens with zero attached hydrogens (tertiary/aromatic N) is 2. The minimum atomic E-state index is -4.32. The van der Waals surface area contributed by atoms with Crippen LogP contribution in [0.1, 0.15) is 24.0 Å². The van der Waals surface area contributed by atoms with Crippen LogP contribution in [0.15, 0.2) is 70.4 Å². The van der Waals surface area contributed by atoms with Crippen molar-refractivity contribution in [3.05, 3.63) is 92.8 Å². The summed E-state index contributed by atoms with van der Waals surface area (Å²) in [7, 11) is 0. The van der Waals surface area contributed by atoms with Gasteiger partial charge in [0.2, 0.25) is 0 Å². The molecule has 1 saturated heterocycles. The van der Waals surface area contributed by atoms with Gasteiger partial charge in [-0.2, -0.15) is 13.2 Å². The maximum absolute atomic E-state index is 12.9. The number of rotatable bonds is 6. The van der Waals surface area contributed by atoms with E-state index >= 15 is 0 Å². The third-order valence-corrected chi connectivity index (χ3v) is 6.97. The lowest BCUT2D eigenvalue weighted by atomic mass is 9.94. The molecule has 2 fully saturated rings. The number of aromatic nitrogens is 2. The summed E-state index contributed by atoms with van der Waals surface area (Å²) in [6, 6.07) is 14.8. The Morgan fingerprint density at radius 3 is 2.38 bits per heavy atom. The zero-order valence-electron chi connectivity index (χ0n) is 18.3. The molecule has 180 valence electrons. The Bertz CT molecular complexity index is 1270. The van der Waals surface area contributed by atoms with Crippen LogP contribution in [-0.2, 0) is 18.1 Å². The Hall–Kier alpha value is -2.84. The Kier molecular flexibility index (Phi) is 6.48. The lowest BCUT2D eigenvalue weighted by Crippen LogP contribution is -2.32. The fourth-order valence-corrected chi connectivity index (χ4v) is 5.16. The van der Waals surface area contributed by atoms with E-state index in [4.69, 9.17) is 0 Å². The van der Waals surface area contributed by atoms with E-state index in [9.17, 15) is 22.8 Å². The van der Waals surface area contributed by atoms with Gasteiger partial charge in [-0.1, -0.05) is 42.5 Å². The Labute approximate surface area is 200 Å². The standard InChI is InChI=1S/C25H24F3N3O2.ClH/c26-25(27,28)19-9-7-18(8-10-19)24-13-20(24)14-30(16-24)11-4-12-31-15-21(22(32)29-23(31)33)17-5-2-1-3-6-17;/h1-3,5-10,15,20H,4,11-14,16H2,(H,29,32,33);1H/t20-,24+;/m0./s1. The van der Waals surface area contributed by atoms with Gasteiger partial charge in [-0.05, 0) is 48.6 Å². The number of alkyl halides is 3. The van der Waals surface area contributed by atoms with Crippen molar-refractivity contribution in [1.29, 1.82) is 0 Å². The minimum Gasteiger partial charge on any atom is -0.302 e. The molecule has 1 saturated carbocycles. The maximum Gasteiger partial charge on any atom is 0.416 e. The topological polar surface area (TPSA) is 58.1 Å². The molecule has 0 bridgehead atoms. The molecule has 2 atom stereocenters. The molecule has 2 heterocycles. The molecule has 9 heteroatoms. The van der Waals surface area contributed by atoms with E-state index in [2.05, 4.69) is 9.88 Å². The van der Waals surface area contributed by atoms with Crippen molar-refractivity contribution < 1.29 is 13.2 Å². The molecular formula is C25H25ClF3N3O2. The van der Waals surface area contributed by atoms with Crippen LogP contribution in [0.25, 0.3) is 11.1 Å². The molecule has 1 aliphatic carbocycles. The van der Waals surface area contributed by atoms with Crippen molar-refractivity contribution in [3.63, 3.8) is 0 Å². The first-order valence-corrected chi connectivity index (χ1v) is 11.1. The lowest BCUT2D eigenvalue weighted by Gasteiger charge is -2.21. The number of hydrogen-bond donors (Lipinski definition) is 1. The van der Waals surface area contributed by atoms with Crippen LogP contribution in [0.4, 0.5) is 13.2 Å². The molecule has 1 aromatic heterocycles. The zero-order valence-corrected chi connectivity index (χ0v) is 19.2. The molecule has 0 unspecified atom stereocenters. The van der Waals surface area contributed by atoms with E-state index in [1.807, 2.05) is 30.3 Å². The van der Waals surface area contributed by atoms with E-state index < -0.39 is 23.0 Å². The van der Waals surface area contributed by atoms with Crippen molar-refractivity contribution >= 4 is 12.4 Å². The highest BCUT2D eigenvalue weighted by Gasteiger charge is 2.60. The molecule has 34 heavy (non-hydrogen) atoms. The third kappa shape index (κ3) is 4.57. The number of halogens is 4. The summed E-state index contributed by atoms with van der Waals surface area (Å²) in [5.74, 6) is 0.467. The molecule has 3 aromatic rings. The van der Waals surface area contributed by atoms with Gasteiger partial charge < -0.3 is 4.90 Å². The number of benzene rings is 2. The Balaban J connectivity index is 0.00000274. The van der Waals surface area contributed by atoms with Crippen LogP contribution in [0.5, 0.6) is 0 Å². The largest absolute Gasteiger partial charge is 0.416 e. The van der Waals surface area contributed by atoms with Crippen LogP contribution in [-0.4, -0.2) is 34.1 Å². The maximum atomic E-state index is 12.9. The van der Waals surface area contributed by atoms with Gasteiger partial charge in [0.05, 0.1) is 11.1 Å². The summed E-state index contributed by atoms with van der Waals surface area (Å²) >= 11 is 0. The van der Waals surface area contributed by atoms with E-state index in [0.29, 0.717) is 18.0 Å². The predicted molar refractivity (Wildman–Crippen MR) is 126 cm³/mol. The van der Waals surface area contributed by atoms with Crippen molar-refractivity contribution in [2.24, 2.45) is 5.92 Å². The number of hydrogen-bond acceptors (Lipinski definition) is 3. The first-order valence-electron chi connectivity index (χ1n) is 11.1. The van der Waals surface area contributed by atoms with Gasteiger partial charge in [0.15, 0.2) is 0 Å². The van der Waals surface area contributed by atoms with Crippen LogP contribution < -0.4 is 11.2 Å². The number of nitrogens with one attached hydrogen (secondary N) is 1. The van der Waals surface area contributed by atoms with E-state index in [-0.39, 0.29) is 17.8 Å². The normalized spacial score (nSPS) is 21.7. The predicted octanol–water partition coefficient (Wildman–Crippen LogP) is 4.31. The average molecular weight is 492 g/mol. The molecule has 0 radical (unpaired) electrons. The summed E-state index contributed by atoms with van der Waals surface area (Å²) in [4.78, 5) is 29.2. The van der Waals surface area contributed by atoms with Gasteiger partial charge in [-0.3, -0.25) is 14.3 Å². The van der Waals surface area contributed by atoms with Gasteiger partial charge in [0, 0.05) is 31.2 Å². The Morgan fingerprint density at radius 1 is 1.00 bits per heavy atom. The number of aryl methyl sites for hydroxylation is 1. The molecule has 0 amide bonds. The molecule has 2 aliphatic rings. The van der Waals surface area contributed by atoms with Crippen molar-refractivity contribution in [3.8, 4) is 11.1 Å². The highest BCUT2D eigenvalue weighted by molar-refractivity contribution is 5.85. The number of aromatic amines is 1. The van der Waals surface area contributed by atoms with Gasteiger partial charge in [-0.15, -0.1) is 12.4 Å². The molecular weight excluding hydrogens is 467 g/mol. The number of H-pyrrole nitrogens is 1. The fourth-order valence-electron chi connectivity index (χ4n) is 5.16. The quantitative estimate of drug-likeness (QED) is 0.559. The number of fused-ring (bicyclic) bond motifs is 1. The van der Waals surface area contributed by atoms with Gasteiger partial charge in [-0.25, -0.2) is 4.79 Å². The van der Waals surface area contributed by atoms with Crippen LogP contribution in [0, 0.1) is 5.92 Å².